The van der Waals surface area contributed by atoms with Gasteiger partial charge >= 0.3 is 0 Å². The molecule has 2 aromatic heterocycles. The second-order valence-electron chi connectivity index (χ2n) is 19.2. The van der Waals surface area contributed by atoms with Crippen molar-refractivity contribution in [1.29, 1.82) is 10.5 Å². The zero-order valence-corrected chi connectivity index (χ0v) is 42.8. The van der Waals surface area contributed by atoms with Crippen molar-refractivity contribution in [3.63, 3.8) is 0 Å². The van der Waals surface area contributed by atoms with Crippen molar-refractivity contribution in [2.45, 2.75) is 0 Å². The molecule has 0 unspecified atom stereocenters. The van der Waals surface area contributed by atoms with E-state index in [0.717, 1.165) is 106 Å². The van der Waals surface area contributed by atoms with E-state index in [9.17, 15) is 10.5 Å². The van der Waals surface area contributed by atoms with Gasteiger partial charge in [-0.3, -0.25) is 0 Å². The largest absolute Gasteiger partial charge is 0.310 e. The topological polar surface area (TPSA) is 84.8 Å². The van der Waals surface area contributed by atoms with Crippen LogP contribution in [0.2, 0.25) is 0 Å². The summed E-state index contributed by atoms with van der Waals surface area (Å²) < 4.78 is 2.19. The van der Waals surface area contributed by atoms with E-state index in [4.69, 9.17) is 9.97 Å². The van der Waals surface area contributed by atoms with Gasteiger partial charge in [0, 0.05) is 72.8 Å². The Morgan fingerprint density at radius 3 is 1.04 bits per heavy atom. The summed E-state index contributed by atoms with van der Waals surface area (Å²) in [6.07, 6.45) is 0. The zero-order chi connectivity index (χ0) is 53.1. The van der Waals surface area contributed by atoms with E-state index in [1.54, 1.807) is 0 Å². The highest BCUT2D eigenvalue weighted by atomic mass is 15.1. The second-order valence-corrected chi connectivity index (χ2v) is 19.2. The van der Waals surface area contributed by atoms with Crippen molar-refractivity contribution in [2.24, 2.45) is 0 Å². The molecule has 11 aromatic carbocycles. The zero-order valence-electron chi connectivity index (χ0n) is 42.8. The Labute approximate surface area is 458 Å². The monoisotopic (exact) mass is 1010 g/mol. The third kappa shape index (κ3) is 9.21. The molecule has 0 atom stereocenters. The second kappa shape index (κ2) is 20.9. The van der Waals surface area contributed by atoms with E-state index in [2.05, 4.69) is 208 Å². The lowest BCUT2D eigenvalue weighted by Gasteiger charge is -2.26. The molecule has 0 amide bonds. The molecule has 7 heteroatoms. The number of aromatic nitrogens is 3. The molecular formula is C72H47N7. The van der Waals surface area contributed by atoms with Gasteiger partial charge in [-0.15, -0.1) is 0 Å². The van der Waals surface area contributed by atoms with Crippen LogP contribution in [-0.4, -0.2) is 14.5 Å². The van der Waals surface area contributed by atoms with Crippen LogP contribution >= 0.6 is 0 Å². The first kappa shape index (κ1) is 47.6. The molecule has 0 aliphatic rings. The van der Waals surface area contributed by atoms with Crippen LogP contribution in [0, 0.1) is 22.7 Å². The minimum atomic E-state index is 0.405. The lowest BCUT2D eigenvalue weighted by atomic mass is 9.92. The minimum Gasteiger partial charge on any atom is -0.310 e. The highest BCUT2D eigenvalue weighted by Gasteiger charge is 2.22. The highest BCUT2D eigenvalue weighted by Crippen LogP contribution is 2.44. The van der Waals surface area contributed by atoms with Gasteiger partial charge in [-0.1, -0.05) is 182 Å². The van der Waals surface area contributed by atoms with E-state index >= 15 is 0 Å². The normalized spacial score (nSPS) is 11.0. The van der Waals surface area contributed by atoms with Gasteiger partial charge in [0.05, 0.1) is 45.7 Å². The average molecular weight is 1010 g/mol. The SMILES string of the molecule is N#Cc1cc(-n2c3ccc(N(c4ccccc4)c4ccccc4)cc3c3cc(N(c4ccccc4)c4ccccc4)ccc32)cc(C#N)c1-c1ccc(-c2ccc(-c3cc(-c4ccccc4)nc(-c4ccccc4)n3)cc2)cc1. The van der Waals surface area contributed by atoms with Crippen molar-refractivity contribution >= 4 is 55.9 Å². The molecule has 0 radical (unpaired) electrons. The number of fused-ring (bicyclic) bond motifs is 3. The molecule has 79 heavy (non-hydrogen) atoms. The van der Waals surface area contributed by atoms with Gasteiger partial charge in [-0.2, -0.15) is 10.5 Å². The van der Waals surface area contributed by atoms with Gasteiger partial charge < -0.3 is 14.4 Å². The van der Waals surface area contributed by atoms with Gasteiger partial charge in [0.2, 0.25) is 0 Å². The molecule has 0 saturated carbocycles. The van der Waals surface area contributed by atoms with Crippen LogP contribution in [0.25, 0.3) is 83.6 Å². The molecule has 13 aromatic rings. The van der Waals surface area contributed by atoms with Crippen LogP contribution in [0.5, 0.6) is 0 Å². The number of rotatable bonds is 12. The van der Waals surface area contributed by atoms with Crippen LogP contribution < -0.4 is 9.80 Å². The molecule has 0 N–H and O–H groups in total. The van der Waals surface area contributed by atoms with Gasteiger partial charge in [-0.25, -0.2) is 9.97 Å². The summed E-state index contributed by atoms with van der Waals surface area (Å²) in [5, 5.41) is 24.0. The van der Waals surface area contributed by atoms with Crippen molar-refractivity contribution in [2.75, 3.05) is 9.80 Å². The minimum absolute atomic E-state index is 0.405. The number of nitriles is 2. The Kier molecular flexibility index (Phi) is 12.6. The average Bonchev–Trinajstić information content (AvgIpc) is 4.11. The number of nitrogens with zero attached hydrogens (tertiary/aromatic N) is 7. The van der Waals surface area contributed by atoms with Crippen LogP contribution in [0.1, 0.15) is 11.1 Å². The first-order valence-corrected chi connectivity index (χ1v) is 26.2. The maximum atomic E-state index is 11.0. The Hall–Kier alpha value is -11.1. The first-order valence-electron chi connectivity index (χ1n) is 26.2. The fourth-order valence-corrected chi connectivity index (χ4v) is 10.7. The van der Waals surface area contributed by atoms with Crippen LogP contribution in [0.3, 0.4) is 0 Å². The summed E-state index contributed by atoms with van der Waals surface area (Å²) in [6.45, 7) is 0. The van der Waals surface area contributed by atoms with Crippen molar-refractivity contribution in [1.82, 2.24) is 14.5 Å². The quantitative estimate of drug-likeness (QED) is 0.121. The van der Waals surface area contributed by atoms with E-state index in [1.165, 1.54) is 0 Å². The summed E-state index contributed by atoms with van der Waals surface area (Å²) in [4.78, 5) is 14.5. The number of anilines is 6. The fourth-order valence-electron chi connectivity index (χ4n) is 10.7. The smallest absolute Gasteiger partial charge is 0.160 e. The third-order valence-corrected chi connectivity index (χ3v) is 14.4. The standard InChI is InChI=1S/C72H47N7/c73-48-56-43-64(44-57(49-74)71(56)54-37-33-51(34-38-54)50-31-35-53(36-32-50)68-47-67(52-19-7-1-8-20-52)75-72(76-68)55-21-9-2-10-22-55)79-69-41-39-62(77(58-23-11-3-12-24-58)59-25-13-4-14-26-59)45-65(69)66-46-63(40-42-70(66)79)78(60-27-15-5-16-28-60)61-29-17-6-18-30-61/h1-47H. The van der Waals surface area contributed by atoms with E-state index in [0.29, 0.717) is 22.5 Å². The summed E-state index contributed by atoms with van der Waals surface area (Å²) in [5.41, 5.74) is 17.5. The first-order chi connectivity index (χ1) is 39.1. The molecule has 2 heterocycles. The summed E-state index contributed by atoms with van der Waals surface area (Å²) >= 11 is 0. The number of para-hydroxylation sites is 4. The van der Waals surface area contributed by atoms with Gasteiger partial charge in [0.15, 0.2) is 5.82 Å². The molecule has 0 bridgehead atoms. The lowest BCUT2D eigenvalue weighted by Crippen LogP contribution is -2.09. The molecule has 13 rings (SSSR count). The number of benzene rings is 11. The maximum Gasteiger partial charge on any atom is 0.160 e. The van der Waals surface area contributed by atoms with Gasteiger partial charge in [-0.05, 0) is 120 Å². The molecule has 0 spiro atoms. The Morgan fingerprint density at radius 2 is 0.646 bits per heavy atom. The Bertz CT molecular complexity index is 4090. The predicted octanol–water partition coefficient (Wildman–Crippen LogP) is 18.6. The molecular weight excluding hydrogens is 963 g/mol. The maximum absolute atomic E-state index is 11.0. The third-order valence-electron chi connectivity index (χ3n) is 14.4. The molecule has 7 nitrogen and oxygen atoms in total. The molecule has 370 valence electrons. The number of hydrogen-bond donors (Lipinski definition) is 0. The van der Waals surface area contributed by atoms with Crippen LogP contribution in [0.15, 0.2) is 285 Å². The van der Waals surface area contributed by atoms with E-state index < -0.39 is 0 Å². The Morgan fingerprint density at radius 1 is 0.304 bits per heavy atom. The van der Waals surface area contributed by atoms with Crippen LogP contribution in [0.4, 0.5) is 34.1 Å². The lowest BCUT2D eigenvalue weighted by molar-refractivity contribution is 1.17. The van der Waals surface area contributed by atoms with Crippen molar-refractivity contribution < 1.29 is 0 Å². The summed E-state index contributed by atoms with van der Waals surface area (Å²) in [7, 11) is 0. The molecule has 0 aliphatic heterocycles. The van der Waals surface area contributed by atoms with Gasteiger partial charge in [0.25, 0.3) is 0 Å². The molecule has 0 saturated heterocycles. The molecule has 0 aliphatic carbocycles. The summed E-state index contributed by atoms with van der Waals surface area (Å²) in [5.74, 6) is 0.667. The Balaban J connectivity index is 0.895. The van der Waals surface area contributed by atoms with Crippen molar-refractivity contribution in [3.05, 3.63) is 296 Å². The van der Waals surface area contributed by atoms with Crippen LogP contribution in [-0.2, 0) is 0 Å². The highest BCUT2D eigenvalue weighted by molar-refractivity contribution is 6.12. The van der Waals surface area contributed by atoms with E-state index in [1.807, 2.05) is 103 Å². The van der Waals surface area contributed by atoms with Crippen molar-refractivity contribution in [3.8, 4) is 74.0 Å². The predicted molar refractivity (Wildman–Crippen MR) is 322 cm³/mol. The fraction of sp³-hybridized carbons (Fsp3) is 0. The molecule has 0 fully saturated rings. The number of hydrogen-bond acceptors (Lipinski definition) is 6. The van der Waals surface area contributed by atoms with Gasteiger partial charge in [0.1, 0.15) is 0 Å². The van der Waals surface area contributed by atoms with E-state index in [-0.39, 0.29) is 0 Å². The summed E-state index contributed by atoms with van der Waals surface area (Å²) in [6, 6.07) is 102.